The summed E-state index contributed by atoms with van der Waals surface area (Å²) in [7, 11) is 2.42. The van der Waals surface area contributed by atoms with Crippen molar-refractivity contribution in [2.75, 3.05) is 27.7 Å². The number of hydrogen-bond donors (Lipinski definition) is 1. The van der Waals surface area contributed by atoms with Gasteiger partial charge in [-0.15, -0.1) is 0 Å². The van der Waals surface area contributed by atoms with Gasteiger partial charge in [0.25, 0.3) is 0 Å². The SMILES string of the molecule is CN(C)P(=O)(N(C)CC(N)=O)C(C)(C)C. The second-order valence-corrected chi connectivity index (χ2v) is 8.76. The van der Waals surface area contributed by atoms with Gasteiger partial charge < -0.3 is 5.73 Å². The smallest absolute Gasteiger partial charge is 0.232 e. The van der Waals surface area contributed by atoms with Gasteiger partial charge in [-0.25, -0.2) is 9.34 Å². The van der Waals surface area contributed by atoms with E-state index in [1.807, 2.05) is 20.8 Å². The lowest BCUT2D eigenvalue weighted by molar-refractivity contribution is -0.118. The molecule has 0 aromatic carbocycles. The first-order valence-corrected chi connectivity index (χ1v) is 6.42. The van der Waals surface area contributed by atoms with Crippen LogP contribution in [0.4, 0.5) is 0 Å². The van der Waals surface area contributed by atoms with Crippen LogP contribution >= 0.6 is 7.44 Å². The summed E-state index contributed by atoms with van der Waals surface area (Å²) in [5.74, 6) is -0.469. The molecule has 90 valence electrons. The molecule has 0 saturated heterocycles. The lowest BCUT2D eigenvalue weighted by Crippen LogP contribution is -2.39. The molecular weight excluding hydrogens is 213 g/mol. The van der Waals surface area contributed by atoms with Crippen molar-refractivity contribution in [1.29, 1.82) is 0 Å². The van der Waals surface area contributed by atoms with Gasteiger partial charge in [0.1, 0.15) is 0 Å². The van der Waals surface area contributed by atoms with Gasteiger partial charge >= 0.3 is 0 Å². The second kappa shape index (κ2) is 4.64. The van der Waals surface area contributed by atoms with E-state index in [0.717, 1.165) is 0 Å². The Balaban J connectivity index is 5.14. The van der Waals surface area contributed by atoms with Crippen LogP contribution in [-0.4, -0.2) is 48.1 Å². The van der Waals surface area contributed by atoms with Crippen LogP contribution in [0.2, 0.25) is 0 Å². The van der Waals surface area contributed by atoms with Gasteiger partial charge in [0, 0.05) is 5.16 Å². The first kappa shape index (κ1) is 14.6. The van der Waals surface area contributed by atoms with Gasteiger partial charge in [0.05, 0.1) is 6.54 Å². The largest absolute Gasteiger partial charge is 0.369 e. The summed E-state index contributed by atoms with van der Waals surface area (Å²) in [6.07, 6.45) is 0. The third-order valence-electron chi connectivity index (χ3n) is 2.26. The monoisotopic (exact) mass is 235 g/mol. The molecule has 0 saturated carbocycles. The van der Waals surface area contributed by atoms with E-state index >= 15 is 0 Å². The highest BCUT2D eigenvalue weighted by molar-refractivity contribution is 7.60. The number of likely N-dealkylation sites (N-methyl/N-ethyl adjacent to an activating group) is 1. The van der Waals surface area contributed by atoms with Crippen molar-refractivity contribution in [3.8, 4) is 0 Å². The first-order chi connectivity index (χ1) is 6.53. The Morgan fingerprint density at radius 1 is 1.27 bits per heavy atom. The molecule has 0 bridgehead atoms. The number of hydrogen-bond acceptors (Lipinski definition) is 2. The predicted molar refractivity (Wildman–Crippen MR) is 62.9 cm³/mol. The van der Waals surface area contributed by atoms with E-state index in [1.165, 1.54) is 0 Å². The number of amides is 1. The zero-order valence-corrected chi connectivity index (χ0v) is 11.3. The summed E-state index contributed by atoms with van der Waals surface area (Å²) in [6.45, 7) is 5.69. The number of nitrogens with zero attached hydrogens (tertiary/aromatic N) is 2. The molecule has 1 unspecified atom stereocenters. The maximum absolute atomic E-state index is 12.8. The molecule has 0 aromatic heterocycles. The molecule has 0 radical (unpaired) electrons. The summed E-state index contributed by atoms with van der Waals surface area (Å²) in [4.78, 5) is 10.8. The second-order valence-electron chi connectivity index (χ2n) is 4.84. The summed E-state index contributed by atoms with van der Waals surface area (Å²) in [5.41, 5.74) is 5.11. The Morgan fingerprint density at radius 3 is 1.87 bits per heavy atom. The van der Waals surface area contributed by atoms with Crippen LogP contribution in [0.15, 0.2) is 0 Å². The van der Waals surface area contributed by atoms with Crippen LogP contribution < -0.4 is 5.73 Å². The summed E-state index contributed by atoms with van der Waals surface area (Å²) in [6, 6.07) is 0. The summed E-state index contributed by atoms with van der Waals surface area (Å²) < 4.78 is 16.0. The Labute approximate surface area is 92.1 Å². The van der Waals surface area contributed by atoms with Gasteiger partial charge in [0.15, 0.2) is 0 Å². The van der Waals surface area contributed by atoms with Crippen LogP contribution in [0.25, 0.3) is 0 Å². The Hall–Kier alpha value is -0.380. The Bertz CT molecular complexity index is 284. The van der Waals surface area contributed by atoms with Crippen molar-refractivity contribution < 1.29 is 9.36 Å². The van der Waals surface area contributed by atoms with Crippen LogP contribution in [0, 0.1) is 0 Å². The molecule has 1 amide bonds. The molecule has 0 spiro atoms. The van der Waals surface area contributed by atoms with Crippen molar-refractivity contribution in [2.45, 2.75) is 25.9 Å². The van der Waals surface area contributed by atoms with Crippen molar-refractivity contribution in [3.63, 3.8) is 0 Å². The zero-order valence-electron chi connectivity index (χ0n) is 10.4. The highest BCUT2D eigenvalue weighted by Gasteiger charge is 2.42. The van der Waals surface area contributed by atoms with Gasteiger partial charge in [-0.1, -0.05) is 20.8 Å². The van der Waals surface area contributed by atoms with Crippen LogP contribution in [-0.2, 0) is 9.36 Å². The molecule has 2 N–H and O–H groups in total. The maximum atomic E-state index is 12.8. The van der Waals surface area contributed by atoms with Crippen molar-refractivity contribution in [2.24, 2.45) is 5.73 Å². The van der Waals surface area contributed by atoms with E-state index in [9.17, 15) is 9.36 Å². The minimum atomic E-state index is -2.75. The zero-order chi connectivity index (χ0) is 12.4. The molecular formula is C9H22N3O2P. The topological polar surface area (TPSA) is 66.6 Å². The molecule has 0 rings (SSSR count). The quantitative estimate of drug-likeness (QED) is 0.737. The molecule has 0 aliphatic carbocycles. The number of carbonyl (C=O) groups excluding carboxylic acids is 1. The number of rotatable bonds is 4. The van der Waals surface area contributed by atoms with Crippen molar-refractivity contribution in [1.82, 2.24) is 9.34 Å². The highest BCUT2D eigenvalue weighted by Crippen LogP contribution is 2.60. The lowest BCUT2D eigenvalue weighted by atomic mass is 10.3. The van der Waals surface area contributed by atoms with Crippen molar-refractivity contribution >= 4 is 13.4 Å². The fraction of sp³-hybridized carbons (Fsp3) is 0.889. The summed E-state index contributed by atoms with van der Waals surface area (Å²) >= 11 is 0. The normalized spacial score (nSPS) is 16.8. The van der Waals surface area contributed by atoms with Gasteiger partial charge in [-0.2, -0.15) is 0 Å². The summed E-state index contributed by atoms with van der Waals surface area (Å²) in [5, 5.41) is -0.416. The number of nitrogens with two attached hydrogens (primary N) is 1. The maximum Gasteiger partial charge on any atom is 0.232 e. The Kier molecular flexibility index (Phi) is 4.52. The van der Waals surface area contributed by atoms with E-state index in [1.54, 1.807) is 30.5 Å². The molecule has 0 aromatic rings. The van der Waals surface area contributed by atoms with Gasteiger partial charge in [-0.3, -0.25) is 9.36 Å². The van der Waals surface area contributed by atoms with Gasteiger partial charge in [0.2, 0.25) is 13.4 Å². The average molecular weight is 235 g/mol. The van der Waals surface area contributed by atoms with E-state index in [2.05, 4.69) is 0 Å². The van der Waals surface area contributed by atoms with Crippen LogP contribution in [0.3, 0.4) is 0 Å². The number of primary amides is 1. The number of carbonyl (C=O) groups is 1. The first-order valence-electron chi connectivity index (χ1n) is 4.81. The minimum absolute atomic E-state index is 0.00667. The third-order valence-corrected chi connectivity index (χ3v) is 6.16. The van der Waals surface area contributed by atoms with E-state index < -0.39 is 18.5 Å². The van der Waals surface area contributed by atoms with Crippen LogP contribution in [0.1, 0.15) is 20.8 Å². The minimum Gasteiger partial charge on any atom is -0.369 e. The highest BCUT2D eigenvalue weighted by atomic mass is 31.2. The molecule has 5 nitrogen and oxygen atoms in total. The molecule has 0 aliphatic heterocycles. The van der Waals surface area contributed by atoms with E-state index in [0.29, 0.717) is 0 Å². The van der Waals surface area contributed by atoms with Gasteiger partial charge in [-0.05, 0) is 21.1 Å². The van der Waals surface area contributed by atoms with Crippen molar-refractivity contribution in [3.05, 3.63) is 0 Å². The average Bonchev–Trinajstić information content (AvgIpc) is 1.98. The molecule has 1 atom stereocenters. The van der Waals surface area contributed by atoms with E-state index in [4.69, 9.17) is 5.73 Å². The molecule has 0 fully saturated rings. The third kappa shape index (κ3) is 3.03. The molecule has 6 heteroatoms. The molecule has 0 heterocycles. The van der Waals surface area contributed by atoms with E-state index in [-0.39, 0.29) is 6.54 Å². The molecule has 15 heavy (non-hydrogen) atoms. The molecule has 0 aliphatic rings. The lowest BCUT2D eigenvalue weighted by Gasteiger charge is -2.41. The van der Waals surface area contributed by atoms with Crippen LogP contribution in [0.5, 0.6) is 0 Å². The fourth-order valence-electron chi connectivity index (χ4n) is 1.74. The fourth-order valence-corrected chi connectivity index (χ4v) is 4.90. The Morgan fingerprint density at radius 2 is 1.67 bits per heavy atom. The predicted octanol–water partition coefficient (Wildman–Crippen LogP) is 0.957. The standard InChI is InChI=1S/C9H22N3O2P/c1-9(2,3)15(14,11(4)5)12(6)7-8(10)13/h7H2,1-6H3,(H2,10,13).